The maximum atomic E-state index is 11.8. The van der Waals surface area contributed by atoms with Gasteiger partial charge >= 0.3 is 0 Å². The third-order valence-corrected chi connectivity index (χ3v) is 2.83. The van der Waals surface area contributed by atoms with Crippen LogP contribution in [0.1, 0.15) is 32.0 Å². The summed E-state index contributed by atoms with van der Waals surface area (Å²) >= 11 is 0. The number of aromatic nitrogens is 3. The highest BCUT2D eigenvalue weighted by Gasteiger charge is 2.20. The van der Waals surface area contributed by atoms with Crippen LogP contribution in [0, 0.1) is 0 Å². The van der Waals surface area contributed by atoms with Crippen LogP contribution in [0.5, 0.6) is 0 Å². The van der Waals surface area contributed by atoms with E-state index >= 15 is 0 Å². The summed E-state index contributed by atoms with van der Waals surface area (Å²) in [4.78, 5) is 15.9. The number of ketones is 1. The lowest BCUT2D eigenvalue weighted by Crippen LogP contribution is -2.16. The number of hydrogen-bond donors (Lipinski definition) is 0. The van der Waals surface area contributed by atoms with Crippen molar-refractivity contribution < 1.29 is 9.53 Å². The Balaban J connectivity index is 1.86. The van der Waals surface area contributed by atoms with Gasteiger partial charge in [-0.3, -0.25) is 4.79 Å². The van der Waals surface area contributed by atoms with Crippen LogP contribution in [0.4, 0.5) is 0 Å². The lowest BCUT2D eigenvalue weighted by molar-refractivity contribution is -0.120. The molecule has 1 atom stereocenters. The van der Waals surface area contributed by atoms with Crippen molar-refractivity contribution in [2.75, 3.05) is 6.61 Å². The van der Waals surface area contributed by atoms with Gasteiger partial charge in [0.25, 0.3) is 0 Å². The molecule has 0 saturated carbocycles. The molecule has 1 unspecified atom stereocenters. The fourth-order valence-corrected chi connectivity index (χ4v) is 2.00. The number of rotatable bonds is 5. The van der Waals surface area contributed by atoms with Crippen LogP contribution >= 0.6 is 0 Å². The summed E-state index contributed by atoms with van der Waals surface area (Å²) in [6.07, 6.45) is 4.59. The Labute approximate surface area is 94.8 Å². The number of carbonyl (C=O) groups excluding carboxylic acids is 1. The zero-order chi connectivity index (χ0) is 11.4. The van der Waals surface area contributed by atoms with Gasteiger partial charge in [0.05, 0.1) is 12.5 Å². The summed E-state index contributed by atoms with van der Waals surface area (Å²) in [5.41, 5.74) is 0. The standard InChI is InChI=1S/C11H17N3O2/c1-2-14-11(12-8-13-14)7-9(15)6-10-4-3-5-16-10/h8,10H,2-7H2,1H3. The number of carbonyl (C=O) groups is 1. The lowest BCUT2D eigenvalue weighted by Gasteiger charge is -2.07. The molecule has 0 bridgehead atoms. The molecule has 0 radical (unpaired) electrons. The second kappa shape index (κ2) is 5.21. The molecule has 16 heavy (non-hydrogen) atoms. The predicted molar refractivity (Wildman–Crippen MR) is 58.0 cm³/mol. The molecule has 1 aliphatic rings. The van der Waals surface area contributed by atoms with E-state index in [2.05, 4.69) is 10.1 Å². The Morgan fingerprint density at radius 1 is 1.69 bits per heavy atom. The molecule has 5 nitrogen and oxygen atoms in total. The summed E-state index contributed by atoms with van der Waals surface area (Å²) < 4.78 is 7.19. The molecule has 0 aromatic carbocycles. The van der Waals surface area contributed by atoms with Gasteiger partial charge in [0, 0.05) is 19.6 Å². The number of nitrogens with zero attached hydrogens (tertiary/aromatic N) is 3. The Morgan fingerprint density at radius 3 is 3.25 bits per heavy atom. The van der Waals surface area contributed by atoms with E-state index < -0.39 is 0 Å². The summed E-state index contributed by atoms with van der Waals surface area (Å²) in [6, 6.07) is 0. The average molecular weight is 223 g/mol. The highest BCUT2D eigenvalue weighted by atomic mass is 16.5. The molecular weight excluding hydrogens is 206 g/mol. The third-order valence-electron chi connectivity index (χ3n) is 2.83. The van der Waals surface area contributed by atoms with E-state index in [-0.39, 0.29) is 11.9 Å². The van der Waals surface area contributed by atoms with Crippen LogP contribution < -0.4 is 0 Å². The molecule has 1 saturated heterocycles. The van der Waals surface area contributed by atoms with Crippen molar-refractivity contribution >= 4 is 5.78 Å². The van der Waals surface area contributed by atoms with Gasteiger partial charge in [-0.25, -0.2) is 9.67 Å². The summed E-state index contributed by atoms with van der Waals surface area (Å²) in [7, 11) is 0. The zero-order valence-electron chi connectivity index (χ0n) is 9.56. The van der Waals surface area contributed by atoms with Crippen LogP contribution in [-0.4, -0.2) is 33.3 Å². The maximum Gasteiger partial charge on any atom is 0.143 e. The SMILES string of the molecule is CCn1ncnc1CC(=O)CC1CCCO1. The van der Waals surface area contributed by atoms with Crippen LogP contribution in [0.2, 0.25) is 0 Å². The number of ether oxygens (including phenoxy) is 1. The maximum absolute atomic E-state index is 11.8. The normalized spacial score (nSPS) is 20.2. The third kappa shape index (κ3) is 2.66. The molecule has 1 aromatic rings. The van der Waals surface area contributed by atoms with Crippen molar-refractivity contribution in [2.45, 2.75) is 45.3 Å². The smallest absolute Gasteiger partial charge is 0.143 e. The Kier molecular flexibility index (Phi) is 3.66. The van der Waals surface area contributed by atoms with E-state index in [1.54, 1.807) is 4.68 Å². The van der Waals surface area contributed by atoms with E-state index in [4.69, 9.17) is 4.74 Å². The second-order valence-electron chi connectivity index (χ2n) is 4.05. The summed E-state index contributed by atoms with van der Waals surface area (Å²) in [5.74, 6) is 0.945. The van der Waals surface area contributed by atoms with Gasteiger partial charge in [0.1, 0.15) is 17.9 Å². The summed E-state index contributed by atoms with van der Waals surface area (Å²) in [6.45, 7) is 3.54. The predicted octanol–water partition coefficient (Wildman–Crippen LogP) is 0.979. The fourth-order valence-electron chi connectivity index (χ4n) is 2.00. The van der Waals surface area contributed by atoms with Crippen LogP contribution in [-0.2, 0) is 22.5 Å². The molecule has 1 aliphatic heterocycles. The molecule has 1 fully saturated rings. The van der Waals surface area contributed by atoms with E-state index in [1.165, 1.54) is 6.33 Å². The highest BCUT2D eigenvalue weighted by molar-refractivity contribution is 5.80. The molecule has 0 aliphatic carbocycles. The van der Waals surface area contributed by atoms with Crippen LogP contribution in [0.25, 0.3) is 0 Å². The first-order valence-corrected chi connectivity index (χ1v) is 5.79. The van der Waals surface area contributed by atoms with Crippen molar-refractivity contribution in [1.29, 1.82) is 0 Å². The van der Waals surface area contributed by atoms with Gasteiger partial charge in [-0.15, -0.1) is 0 Å². The van der Waals surface area contributed by atoms with E-state index in [0.717, 1.165) is 31.8 Å². The molecule has 88 valence electrons. The lowest BCUT2D eigenvalue weighted by atomic mass is 10.1. The Bertz CT molecular complexity index is 356. The number of hydrogen-bond acceptors (Lipinski definition) is 4. The minimum absolute atomic E-state index is 0.130. The molecule has 0 N–H and O–H groups in total. The molecular formula is C11H17N3O2. The molecule has 0 amide bonds. The van der Waals surface area contributed by atoms with E-state index in [1.807, 2.05) is 6.92 Å². The van der Waals surface area contributed by atoms with Crippen LogP contribution in [0.3, 0.4) is 0 Å². The summed E-state index contributed by atoms with van der Waals surface area (Å²) in [5, 5.41) is 4.04. The zero-order valence-corrected chi connectivity index (χ0v) is 9.56. The van der Waals surface area contributed by atoms with Crippen molar-refractivity contribution in [1.82, 2.24) is 14.8 Å². The second-order valence-corrected chi connectivity index (χ2v) is 4.05. The topological polar surface area (TPSA) is 57.0 Å². The number of aryl methyl sites for hydroxylation is 1. The Hall–Kier alpha value is -1.23. The van der Waals surface area contributed by atoms with Gasteiger partial charge < -0.3 is 4.74 Å². The number of Topliss-reactive ketones (excluding diaryl/α,β-unsaturated/α-hetero) is 1. The molecule has 2 heterocycles. The van der Waals surface area contributed by atoms with Gasteiger partial charge in [-0.05, 0) is 19.8 Å². The first kappa shape index (κ1) is 11.3. The average Bonchev–Trinajstić information content (AvgIpc) is 2.88. The van der Waals surface area contributed by atoms with Gasteiger partial charge in [0.15, 0.2) is 0 Å². The first-order valence-electron chi connectivity index (χ1n) is 5.79. The fraction of sp³-hybridized carbons (Fsp3) is 0.727. The first-order chi connectivity index (χ1) is 7.79. The molecule has 0 spiro atoms. The minimum Gasteiger partial charge on any atom is -0.378 e. The minimum atomic E-state index is 0.130. The highest BCUT2D eigenvalue weighted by Crippen LogP contribution is 2.16. The van der Waals surface area contributed by atoms with Gasteiger partial charge in [-0.1, -0.05) is 0 Å². The van der Waals surface area contributed by atoms with Crippen molar-refractivity contribution in [3.63, 3.8) is 0 Å². The van der Waals surface area contributed by atoms with Crippen molar-refractivity contribution in [3.8, 4) is 0 Å². The largest absolute Gasteiger partial charge is 0.378 e. The quantitative estimate of drug-likeness (QED) is 0.746. The molecule has 5 heteroatoms. The van der Waals surface area contributed by atoms with Crippen molar-refractivity contribution in [3.05, 3.63) is 12.2 Å². The van der Waals surface area contributed by atoms with E-state index in [0.29, 0.717) is 12.8 Å². The molecule has 2 rings (SSSR count). The molecule has 1 aromatic heterocycles. The van der Waals surface area contributed by atoms with E-state index in [9.17, 15) is 4.79 Å². The monoisotopic (exact) mass is 223 g/mol. The van der Waals surface area contributed by atoms with Gasteiger partial charge in [-0.2, -0.15) is 5.10 Å². The van der Waals surface area contributed by atoms with Crippen LogP contribution in [0.15, 0.2) is 6.33 Å². The van der Waals surface area contributed by atoms with Crippen molar-refractivity contribution in [2.24, 2.45) is 0 Å². The Morgan fingerprint density at radius 2 is 2.56 bits per heavy atom. The van der Waals surface area contributed by atoms with Gasteiger partial charge in [0.2, 0.25) is 0 Å².